The predicted molar refractivity (Wildman–Crippen MR) is 141 cm³/mol. The monoisotopic (exact) mass is 508 g/mol. The van der Waals surface area contributed by atoms with Gasteiger partial charge in [-0.2, -0.15) is 0 Å². The molecule has 1 aliphatic heterocycles. The minimum Gasteiger partial charge on any atom is -0.494 e. The molecular weight excluding hydrogens is 487 g/mol. The van der Waals surface area contributed by atoms with E-state index in [-0.39, 0.29) is 12.1 Å². The van der Waals surface area contributed by atoms with E-state index in [1.807, 2.05) is 73.8 Å². The molecule has 2 aromatic heterocycles. The van der Waals surface area contributed by atoms with Crippen LogP contribution in [0.5, 0.6) is 5.75 Å². The second-order valence-electron chi connectivity index (χ2n) is 7.82. The first-order chi connectivity index (χ1) is 16.6. The minimum absolute atomic E-state index is 0.167. The summed E-state index contributed by atoms with van der Waals surface area (Å²) >= 11 is 18.6. The highest BCUT2D eigenvalue weighted by atomic mass is 35.5. The van der Waals surface area contributed by atoms with E-state index in [1.54, 1.807) is 12.3 Å². The Bertz CT molecular complexity index is 1310. The Hall–Kier alpha value is -3.06. The van der Waals surface area contributed by atoms with Crippen LogP contribution in [0.4, 0.5) is 5.69 Å². The molecular formula is C26H22Cl2N4OS. The second-order valence-corrected chi connectivity index (χ2v) is 9.05. The smallest absolute Gasteiger partial charge is 0.174 e. The number of aromatic nitrogens is 2. The first-order valence-corrected chi connectivity index (χ1v) is 12.1. The molecule has 5 nitrogen and oxygen atoms in total. The molecule has 1 aliphatic rings. The summed E-state index contributed by atoms with van der Waals surface area (Å²) in [7, 11) is 0. The Morgan fingerprint density at radius 2 is 1.85 bits per heavy atom. The van der Waals surface area contributed by atoms with E-state index < -0.39 is 0 Å². The van der Waals surface area contributed by atoms with Gasteiger partial charge in [-0.25, -0.2) is 0 Å². The summed E-state index contributed by atoms with van der Waals surface area (Å²) in [5, 5.41) is 5.28. The van der Waals surface area contributed by atoms with Crippen molar-refractivity contribution in [1.82, 2.24) is 14.9 Å². The lowest BCUT2D eigenvalue weighted by Crippen LogP contribution is -2.30. The van der Waals surface area contributed by atoms with Crippen LogP contribution in [0.25, 0.3) is 5.69 Å². The van der Waals surface area contributed by atoms with Gasteiger partial charge in [-0.1, -0.05) is 29.3 Å². The lowest BCUT2D eigenvalue weighted by Gasteiger charge is -2.29. The number of hydrogen-bond acceptors (Lipinski definition) is 3. The number of nitrogens with one attached hydrogen (secondary N) is 1. The molecule has 0 saturated carbocycles. The zero-order valence-corrected chi connectivity index (χ0v) is 20.7. The topological polar surface area (TPSA) is 42.3 Å². The average Bonchev–Trinajstić information content (AvgIpc) is 3.44. The van der Waals surface area contributed by atoms with Crippen LogP contribution in [-0.2, 0) is 0 Å². The first kappa shape index (κ1) is 22.7. The zero-order chi connectivity index (χ0) is 23.7. The van der Waals surface area contributed by atoms with E-state index in [9.17, 15) is 0 Å². The summed E-state index contributed by atoms with van der Waals surface area (Å²) in [4.78, 5) is 6.76. The summed E-state index contributed by atoms with van der Waals surface area (Å²) in [6.07, 6.45) is 3.80. The molecule has 2 atom stereocenters. The molecule has 2 aromatic carbocycles. The molecule has 5 rings (SSSR count). The van der Waals surface area contributed by atoms with Crippen molar-refractivity contribution in [2.75, 3.05) is 11.5 Å². The molecule has 1 fully saturated rings. The fourth-order valence-electron chi connectivity index (χ4n) is 4.33. The Balaban J connectivity index is 1.64. The SMILES string of the molecule is CCOc1ccc(N2C(=S)NC(c3ccccn3)C2c2cccn2-c2ccc(Cl)cc2Cl)cc1. The molecule has 2 unspecified atom stereocenters. The molecule has 1 saturated heterocycles. The predicted octanol–water partition coefficient (Wildman–Crippen LogP) is 6.75. The van der Waals surface area contributed by atoms with Crippen molar-refractivity contribution in [1.29, 1.82) is 0 Å². The second kappa shape index (κ2) is 9.66. The van der Waals surface area contributed by atoms with Crippen LogP contribution in [0.3, 0.4) is 0 Å². The molecule has 3 heterocycles. The Morgan fingerprint density at radius 1 is 1.03 bits per heavy atom. The van der Waals surface area contributed by atoms with Crippen molar-refractivity contribution in [2.24, 2.45) is 0 Å². The number of ether oxygens (including phenoxy) is 1. The average molecular weight is 509 g/mol. The molecule has 0 radical (unpaired) electrons. The summed E-state index contributed by atoms with van der Waals surface area (Å²) in [6.45, 7) is 2.58. The highest BCUT2D eigenvalue weighted by molar-refractivity contribution is 7.80. The lowest BCUT2D eigenvalue weighted by molar-refractivity contribution is 0.340. The van der Waals surface area contributed by atoms with Crippen LogP contribution in [0.15, 0.2) is 85.2 Å². The van der Waals surface area contributed by atoms with Crippen molar-refractivity contribution in [3.8, 4) is 11.4 Å². The van der Waals surface area contributed by atoms with E-state index in [0.717, 1.165) is 28.5 Å². The number of nitrogens with zero attached hydrogens (tertiary/aromatic N) is 3. The van der Waals surface area contributed by atoms with E-state index in [0.29, 0.717) is 21.8 Å². The Kier molecular flexibility index (Phi) is 6.46. The van der Waals surface area contributed by atoms with Crippen LogP contribution >= 0.6 is 35.4 Å². The quantitative estimate of drug-likeness (QED) is 0.291. The van der Waals surface area contributed by atoms with Gasteiger partial charge in [0, 0.05) is 28.8 Å². The third kappa shape index (κ3) is 4.25. The van der Waals surface area contributed by atoms with Gasteiger partial charge in [-0.3, -0.25) is 4.98 Å². The van der Waals surface area contributed by atoms with Gasteiger partial charge in [0.15, 0.2) is 5.11 Å². The Morgan fingerprint density at radius 3 is 2.56 bits per heavy atom. The number of hydrogen-bond donors (Lipinski definition) is 1. The minimum atomic E-state index is -0.179. The van der Waals surface area contributed by atoms with Gasteiger partial charge in [0.05, 0.1) is 29.1 Å². The van der Waals surface area contributed by atoms with Crippen LogP contribution in [0, 0.1) is 0 Å². The number of halogens is 2. The molecule has 8 heteroatoms. The maximum Gasteiger partial charge on any atom is 0.174 e. The normalized spacial score (nSPS) is 17.6. The van der Waals surface area contributed by atoms with Gasteiger partial charge in [0.25, 0.3) is 0 Å². The molecule has 0 spiro atoms. The molecule has 34 heavy (non-hydrogen) atoms. The number of anilines is 1. The van der Waals surface area contributed by atoms with Crippen molar-refractivity contribution < 1.29 is 4.74 Å². The van der Waals surface area contributed by atoms with E-state index in [2.05, 4.69) is 25.8 Å². The van der Waals surface area contributed by atoms with Gasteiger partial charge in [-0.15, -0.1) is 0 Å². The van der Waals surface area contributed by atoms with Gasteiger partial charge in [0.2, 0.25) is 0 Å². The maximum absolute atomic E-state index is 6.60. The van der Waals surface area contributed by atoms with Crippen molar-refractivity contribution in [3.63, 3.8) is 0 Å². The maximum atomic E-state index is 6.60. The molecule has 1 N–H and O–H groups in total. The van der Waals surface area contributed by atoms with Crippen molar-refractivity contribution in [3.05, 3.63) is 107 Å². The third-order valence-corrected chi connectivity index (χ3v) is 6.63. The summed E-state index contributed by atoms with van der Waals surface area (Å²) in [6, 6.07) is 23.1. The largest absolute Gasteiger partial charge is 0.494 e. The van der Waals surface area contributed by atoms with E-state index >= 15 is 0 Å². The van der Waals surface area contributed by atoms with Crippen molar-refractivity contribution >= 4 is 46.2 Å². The van der Waals surface area contributed by atoms with Gasteiger partial charge >= 0.3 is 0 Å². The van der Waals surface area contributed by atoms with Crippen molar-refractivity contribution in [2.45, 2.75) is 19.0 Å². The standard InChI is InChI=1S/C26H22Cl2N4OS/c1-2-33-19-11-9-18(10-12-19)32-25(24(30-26(32)34)21-6-3-4-14-29-21)23-7-5-15-31(23)22-13-8-17(27)16-20(22)28/h3-16,24-25H,2H2,1H3,(H,30,34). The van der Waals surface area contributed by atoms with Crippen LogP contribution in [-0.4, -0.2) is 21.3 Å². The van der Waals surface area contributed by atoms with Crippen LogP contribution < -0.4 is 15.0 Å². The van der Waals surface area contributed by atoms with Crippen LogP contribution in [0.2, 0.25) is 10.0 Å². The highest BCUT2D eigenvalue weighted by Crippen LogP contribution is 2.43. The third-order valence-electron chi connectivity index (χ3n) is 5.78. The fraction of sp³-hybridized carbons (Fsp3) is 0.154. The molecule has 4 aromatic rings. The van der Waals surface area contributed by atoms with Gasteiger partial charge in [-0.05, 0) is 85.9 Å². The number of thiocarbonyl (C=S) groups is 1. The number of benzene rings is 2. The summed E-state index contributed by atoms with van der Waals surface area (Å²) < 4.78 is 7.71. The molecule has 0 amide bonds. The first-order valence-electron chi connectivity index (χ1n) is 10.9. The fourth-order valence-corrected chi connectivity index (χ4v) is 5.18. The van der Waals surface area contributed by atoms with E-state index in [1.165, 1.54) is 0 Å². The molecule has 172 valence electrons. The van der Waals surface area contributed by atoms with Crippen LogP contribution in [0.1, 0.15) is 30.4 Å². The van der Waals surface area contributed by atoms with Gasteiger partial charge < -0.3 is 19.5 Å². The zero-order valence-electron chi connectivity index (χ0n) is 18.4. The number of pyridine rings is 1. The van der Waals surface area contributed by atoms with E-state index in [4.69, 9.17) is 40.2 Å². The molecule has 0 aliphatic carbocycles. The lowest BCUT2D eigenvalue weighted by atomic mass is 10.0. The summed E-state index contributed by atoms with van der Waals surface area (Å²) in [5.41, 5.74) is 3.72. The highest BCUT2D eigenvalue weighted by Gasteiger charge is 2.42. The molecule has 0 bridgehead atoms. The Labute approximate surface area is 213 Å². The number of rotatable bonds is 6. The van der Waals surface area contributed by atoms with Gasteiger partial charge in [0.1, 0.15) is 11.8 Å². The summed E-state index contributed by atoms with van der Waals surface area (Å²) in [5.74, 6) is 0.818.